The van der Waals surface area contributed by atoms with Crippen LogP contribution in [-0.4, -0.2) is 16.2 Å². The van der Waals surface area contributed by atoms with Gasteiger partial charge in [0.2, 0.25) is 0 Å². The molecule has 1 aliphatic carbocycles. The van der Waals surface area contributed by atoms with Crippen molar-refractivity contribution < 1.29 is 15.0 Å². The molecule has 3 nitrogen and oxygen atoms in total. The minimum Gasteiger partial charge on any atom is -0.508 e. The maximum Gasteiger partial charge on any atom is 0.306 e. The number of aromatic hydroxyl groups is 1. The summed E-state index contributed by atoms with van der Waals surface area (Å²) in [6, 6.07) is 5.16. The molecule has 1 atom stereocenters. The third kappa shape index (κ3) is 1.58. The first-order chi connectivity index (χ1) is 6.66. The van der Waals surface area contributed by atoms with Crippen molar-refractivity contribution >= 4 is 5.97 Å². The SMILES string of the molecule is O=C(O)[C@H]1CCc2cc(O)ccc2C1. The molecule has 3 heteroatoms. The minimum absolute atomic E-state index is 0.257. The van der Waals surface area contributed by atoms with Crippen LogP contribution in [-0.2, 0) is 17.6 Å². The van der Waals surface area contributed by atoms with Crippen LogP contribution in [0.2, 0.25) is 0 Å². The molecule has 2 rings (SSSR count). The van der Waals surface area contributed by atoms with Gasteiger partial charge in [-0.15, -0.1) is 0 Å². The zero-order chi connectivity index (χ0) is 10.1. The van der Waals surface area contributed by atoms with Gasteiger partial charge in [-0.3, -0.25) is 4.79 Å². The zero-order valence-corrected chi connectivity index (χ0v) is 7.73. The molecule has 0 amide bonds. The topological polar surface area (TPSA) is 57.5 Å². The van der Waals surface area contributed by atoms with E-state index in [1.54, 1.807) is 12.1 Å². The zero-order valence-electron chi connectivity index (χ0n) is 7.73. The van der Waals surface area contributed by atoms with Crippen molar-refractivity contribution in [1.29, 1.82) is 0 Å². The van der Waals surface area contributed by atoms with Crippen LogP contribution < -0.4 is 0 Å². The Labute approximate surface area is 82.0 Å². The third-order valence-corrected chi connectivity index (χ3v) is 2.77. The molecule has 0 spiro atoms. The average molecular weight is 192 g/mol. The summed E-state index contributed by atoms with van der Waals surface area (Å²) in [6.07, 6.45) is 2.01. The first-order valence-corrected chi connectivity index (χ1v) is 4.70. The number of carboxylic acid groups (broad SMARTS) is 1. The number of fused-ring (bicyclic) bond motifs is 1. The molecule has 0 bridgehead atoms. The van der Waals surface area contributed by atoms with Crippen molar-refractivity contribution in [3.63, 3.8) is 0 Å². The molecule has 0 radical (unpaired) electrons. The Hall–Kier alpha value is -1.51. The van der Waals surface area contributed by atoms with Gasteiger partial charge in [0.1, 0.15) is 5.75 Å². The number of carbonyl (C=O) groups is 1. The summed E-state index contributed by atoms with van der Waals surface area (Å²) in [6.45, 7) is 0. The molecule has 0 aromatic heterocycles. The molecule has 0 saturated heterocycles. The smallest absolute Gasteiger partial charge is 0.306 e. The fourth-order valence-electron chi connectivity index (χ4n) is 1.95. The fourth-order valence-corrected chi connectivity index (χ4v) is 1.95. The van der Waals surface area contributed by atoms with Crippen LogP contribution in [0.1, 0.15) is 17.5 Å². The molecule has 0 aliphatic heterocycles. The van der Waals surface area contributed by atoms with E-state index in [2.05, 4.69) is 0 Å². The molecule has 1 aliphatic rings. The summed E-state index contributed by atoms with van der Waals surface area (Å²) in [5.74, 6) is -0.715. The summed E-state index contributed by atoms with van der Waals surface area (Å²) < 4.78 is 0. The molecule has 74 valence electrons. The lowest BCUT2D eigenvalue weighted by Crippen LogP contribution is -2.21. The van der Waals surface area contributed by atoms with E-state index >= 15 is 0 Å². The van der Waals surface area contributed by atoms with Gasteiger partial charge in [0.15, 0.2) is 0 Å². The van der Waals surface area contributed by atoms with Gasteiger partial charge in [-0.2, -0.15) is 0 Å². The number of aryl methyl sites for hydroxylation is 1. The quantitative estimate of drug-likeness (QED) is 0.710. The monoisotopic (exact) mass is 192 g/mol. The van der Waals surface area contributed by atoms with Crippen LogP contribution >= 0.6 is 0 Å². The molecular formula is C11H12O3. The van der Waals surface area contributed by atoms with Crippen LogP contribution in [0.3, 0.4) is 0 Å². The number of phenols is 1. The van der Waals surface area contributed by atoms with E-state index in [0.29, 0.717) is 12.8 Å². The first kappa shape index (κ1) is 9.06. The van der Waals surface area contributed by atoms with Crippen molar-refractivity contribution in [2.45, 2.75) is 19.3 Å². The van der Waals surface area contributed by atoms with Crippen LogP contribution in [0.25, 0.3) is 0 Å². The molecule has 14 heavy (non-hydrogen) atoms. The van der Waals surface area contributed by atoms with E-state index in [1.807, 2.05) is 6.07 Å². The maximum atomic E-state index is 10.8. The van der Waals surface area contributed by atoms with Crippen molar-refractivity contribution in [1.82, 2.24) is 0 Å². The Morgan fingerprint density at radius 3 is 2.86 bits per heavy atom. The Balaban J connectivity index is 2.27. The summed E-state index contributed by atoms with van der Waals surface area (Å²) in [7, 11) is 0. The second-order valence-corrected chi connectivity index (χ2v) is 3.73. The highest BCUT2D eigenvalue weighted by Crippen LogP contribution is 2.28. The number of hydrogen-bond donors (Lipinski definition) is 2. The normalized spacial score (nSPS) is 20.1. The van der Waals surface area contributed by atoms with Crippen LogP contribution in [0.15, 0.2) is 18.2 Å². The van der Waals surface area contributed by atoms with Crippen LogP contribution in [0.5, 0.6) is 5.75 Å². The number of benzene rings is 1. The van der Waals surface area contributed by atoms with Crippen LogP contribution in [0.4, 0.5) is 0 Å². The van der Waals surface area contributed by atoms with Crippen molar-refractivity contribution in [3.05, 3.63) is 29.3 Å². The van der Waals surface area contributed by atoms with Crippen molar-refractivity contribution in [2.75, 3.05) is 0 Å². The molecule has 0 heterocycles. The predicted octanol–water partition coefficient (Wildman–Crippen LogP) is 1.58. The lowest BCUT2D eigenvalue weighted by Gasteiger charge is -2.21. The largest absolute Gasteiger partial charge is 0.508 e. The number of carboxylic acids is 1. The number of phenolic OH excluding ortho intramolecular Hbond substituents is 1. The highest BCUT2D eigenvalue weighted by Gasteiger charge is 2.23. The highest BCUT2D eigenvalue weighted by molar-refractivity contribution is 5.71. The molecular weight excluding hydrogens is 180 g/mol. The summed E-state index contributed by atoms with van der Waals surface area (Å²) in [4.78, 5) is 10.8. The van der Waals surface area contributed by atoms with Gasteiger partial charge in [0, 0.05) is 0 Å². The van der Waals surface area contributed by atoms with E-state index in [9.17, 15) is 9.90 Å². The summed E-state index contributed by atoms with van der Waals surface area (Å²) in [5, 5.41) is 18.1. The molecule has 0 saturated carbocycles. The van der Waals surface area contributed by atoms with E-state index < -0.39 is 5.97 Å². The standard InChI is InChI=1S/C11H12O3/c12-10-4-3-7-5-9(11(13)14)2-1-8(7)6-10/h3-4,6,9,12H,1-2,5H2,(H,13,14)/t9-/m0/s1. The molecule has 0 unspecified atom stereocenters. The lowest BCUT2D eigenvalue weighted by atomic mass is 9.84. The van der Waals surface area contributed by atoms with Crippen LogP contribution in [0, 0.1) is 5.92 Å². The predicted molar refractivity (Wildman–Crippen MR) is 51.3 cm³/mol. The van der Waals surface area contributed by atoms with E-state index in [1.165, 1.54) is 0 Å². The van der Waals surface area contributed by atoms with Crippen molar-refractivity contribution in [2.24, 2.45) is 5.92 Å². The van der Waals surface area contributed by atoms with Gasteiger partial charge in [-0.05, 0) is 42.5 Å². The second kappa shape index (κ2) is 3.33. The van der Waals surface area contributed by atoms with E-state index in [-0.39, 0.29) is 11.7 Å². The molecule has 2 N–H and O–H groups in total. The molecule has 1 aromatic rings. The molecule has 0 fully saturated rings. The van der Waals surface area contributed by atoms with E-state index in [4.69, 9.17) is 5.11 Å². The number of aliphatic carboxylic acids is 1. The van der Waals surface area contributed by atoms with Gasteiger partial charge in [0.25, 0.3) is 0 Å². The Bertz CT molecular complexity index is 371. The molecule has 1 aromatic carbocycles. The lowest BCUT2D eigenvalue weighted by molar-refractivity contribution is -0.142. The first-order valence-electron chi connectivity index (χ1n) is 4.70. The third-order valence-electron chi connectivity index (χ3n) is 2.77. The van der Waals surface area contributed by atoms with Gasteiger partial charge in [0.05, 0.1) is 5.92 Å². The van der Waals surface area contributed by atoms with Gasteiger partial charge >= 0.3 is 5.97 Å². The second-order valence-electron chi connectivity index (χ2n) is 3.73. The summed E-state index contributed by atoms with van der Waals surface area (Å²) >= 11 is 0. The van der Waals surface area contributed by atoms with Gasteiger partial charge < -0.3 is 10.2 Å². The van der Waals surface area contributed by atoms with Crippen molar-refractivity contribution in [3.8, 4) is 5.75 Å². The van der Waals surface area contributed by atoms with Gasteiger partial charge in [-0.1, -0.05) is 6.07 Å². The minimum atomic E-state index is -0.719. The number of rotatable bonds is 1. The maximum absolute atomic E-state index is 10.8. The fraction of sp³-hybridized carbons (Fsp3) is 0.364. The number of hydrogen-bond acceptors (Lipinski definition) is 2. The average Bonchev–Trinajstić information content (AvgIpc) is 2.16. The summed E-state index contributed by atoms with van der Waals surface area (Å²) in [5.41, 5.74) is 2.14. The Morgan fingerprint density at radius 2 is 2.14 bits per heavy atom. The Kier molecular flexibility index (Phi) is 2.15. The Morgan fingerprint density at radius 1 is 1.36 bits per heavy atom. The van der Waals surface area contributed by atoms with E-state index in [0.717, 1.165) is 17.5 Å². The highest BCUT2D eigenvalue weighted by atomic mass is 16.4. The van der Waals surface area contributed by atoms with Gasteiger partial charge in [-0.25, -0.2) is 0 Å².